The van der Waals surface area contributed by atoms with Crippen molar-refractivity contribution in [3.63, 3.8) is 0 Å². The first-order valence-corrected chi connectivity index (χ1v) is 5.93. The molecule has 0 unspecified atom stereocenters. The van der Waals surface area contributed by atoms with Crippen molar-refractivity contribution in [2.24, 2.45) is 0 Å². The van der Waals surface area contributed by atoms with E-state index in [2.05, 4.69) is 4.74 Å². The largest absolute Gasteiger partial charge is 0.465 e. The third kappa shape index (κ3) is 3.08. The van der Waals surface area contributed by atoms with Crippen LogP contribution in [0.1, 0.15) is 15.2 Å². The van der Waals surface area contributed by atoms with Crippen molar-refractivity contribution in [3.05, 3.63) is 21.9 Å². The molecule has 1 aromatic heterocycles. The van der Waals surface area contributed by atoms with Crippen LogP contribution < -0.4 is 0 Å². The van der Waals surface area contributed by atoms with E-state index in [1.807, 2.05) is 0 Å². The highest BCUT2D eigenvalue weighted by atomic mass is 32.3. The molecule has 78 valence electrons. The number of halogens is 1. The SMILES string of the molecule is COC(=O)c1csc(CS(=O)(=O)F)c1. The highest BCUT2D eigenvalue weighted by molar-refractivity contribution is 7.85. The summed E-state index contributed by atoms with van der Waals surface area (Å²) >= 11 is 1.00. The molecule has 0 N–H and O–H groups in total. The van der Waals surface area contributed by atoms with Gasteiger partial charge in [-0.2, -0.15) is 8.42 Å². The van der Waals surface area contributed by atoms with Crippen molar-refractivity contribution in [1.82, 2.24) is 0 Å². The Labute approximate surface area is 84.5 Å². The molecule has 0 aliphatic heterocycles. The van der Waals surface area contributed by atoms with Gasteiger partial charge in [0, 0.05) is 10.3 Å². The zero-order chi connectivity index (χ0) is 10.8. The first-order chi connectivity index (χ1) is 6.42. The van der Waals surface area contributed by atoms with Crippen LogP contribution in [-0.4, -0.2) is 21.5 Å². The van der Waals surface area contributed by atoms with Crippen molar-refractivity contribution in [3.8, 4) is 0 Å². The average molecular weight is 238 g/mol. The Morgan fingerprint density at radius 1 is 1.64 bits per heavy atom. The number of hydrogen-bond acceptors (Lipinski definition) is 5. The van der Waals surface area contributed by atoms with E-state index in [4.69, 9.17) is 0 Å². The van der Waals surface area contributed by atoms with Crippen LogP contribution in [0.5, 0.6) is 0 Å². The normalized spacial score (nSPS) is 11.3. The summed E-state index contributed by atoms with van der Waals surface area (Å²) in [5.74, 6) is -1.27. The lowest BCUT2D eigenvalue weighted by molar-refractivity contribution is 0.0601. The summed E-state index contributed by atoms with van der Waals surface area (Å²) in [7, 11) is -3.32. The van der Waals surface area contributed by atoms with Crippen LogP contribution in [0, 0.1) is 0 Å². The number of thiophene rings is 1. The topological polar surface area (TPSA) is 60.4 Å². The summed E-state index contributed by atoms with van der Waals surface area (Å²) in [5.41, 5.74) is 0.233. The first-order valence-electron chi connectivity index (χ1n) is 3.50. The molecule has 0 fully saturated rings. The Morgan fingerprint density at radius 2 is 2.29 bits per heavy atom. The fourth-order valence-corrected chi connectivity index (χ4v) is 2.61. The van der Waals surface area contributed by atoms with Crippen LogP contribution >= 0.6 is 11.3 Å². The summed E-state index contributed by atoms with van der Waals surface area (Å²) in [6.45, 7) is 0. The van der Waals surface area contributed by atoms with Crippen LogP contribution in [0.25, 0.3) is 0 Å². The summed E-state index contributed by atoms with van der Waals surface area (Å²) < 4.78 is 37.2. The van der Waals surface area contributed by atoms with Crippen molar-refractivity contribution in [1.29, 1.82) is 0 Å². The Hall–Kier alpha value is -0.950. The van der Waals surface area contributed by atoms with Gasteiger partial charge >= 0.3 is 16.2 Å². The van der Waals surface area contributed by atoms with E-state index in [9.17, 15) is 17.1 Å². The second-order valence-electron chi connectivity index (χ2n) is 2.48. The second-order valence-corrected chi connectivity index (χ2v) is 4.84. The minimum absolute atomic E-state index is 0.233. The average Bonchev–Trinajstić information content (AvgIpc) is 2.48. The monoisotopic (exact) mass is 238 g/mol. The summed E-state index contributed by atoms with van der Waals surface area (Å²) in [4.78, 5) is 11.2. The predicted molar refractivity (Wildman–Crippen MR) is 49.4 cm³/mol. The lowest BCUT2D eigenvalue weighted by atomic mass is 10.3. The Morgan fingerprint density at radius 3 is 2.79 bits per heavy atom. The molecule has 7 heteroatoms. The number of carbonyl (C=O) groups excluding carboxylic acids is 1. The second kappa shape index (κ2) is 4.05. The fourth-order valence-electron chi connectivity index (χ4n) is 0.851. The van der Waals surface area contributed by atoms with Gasteiger partial charge in [-0.05, 0) is 6.07 Å². The summed E-state index contributed by atoms with van der Waals surface area (Å²) in [6, 6.07) is 1.30. The molecule has 0 saturated heterocycles. The van der Waals surface area contributed by atoms with Gasteiger partial charge in [-0.25, -0.2) is 4.79 Å². The van der Waals surface area contributed by atoms with Crippen LogP contribution in [0.15, 0.2) is 11.4 Å². The number of methoxy groups -OCH3 is 1. The third-order valence-electron chi connectivity index (χ3n) is 1.39. The molecule has 1 rings (SSSR count). The van der Waals surface area contributed by atoms with E-state index < -0.39 is 21.9 Å². The molecule has 1 aromatic rings. The number of hydrogen-bond donors (Lipinski definition) is 0. The van der Waals surface area contributed by atoms with E-state index in [-0.39, 0.29) is 10.4 Å². The fraction of sp³-hybridized carbons (Fsp3) is 0.286. The van der Waals surface area contributed by atoms with Gasteiger partial charge in [0.15, 0.2) is 0 Å². The molecule has 0 aromatic carbocycles. The van der Waals surface area contributed by atoms with Crippen LogP contribution in [0.4, 0.5) is 3.89 Å². The molecule has 0 atom stereocenters. The van der Waals surface area contributed by atoms with E-state index in [1.165, 1.54) is 18.6 Å². The molecular weight excluding hydrogens is 231 g/mol. The molecule has 0 spiro atoms. The zero-order valence-electron chi connectivity index (χ0n) is 7.19. The van der Waals surface area contributed by atoms with Gasteiger partial charge in [0.25, 0.3) is 0 Å². The van der Waals surface area contributed by atoms with Crippen LogP contribution in [-0.2, 0) is 20.7 Å². The molecular formula is C7H7FO4S2. The lowest BCUT2D eigenvalue weighted by Crippen LogP contribution is -1.99. The van der Waals surface area contributed by atoms with Crippen LogP contribution in [0.3, 0.4) is 0 Å². The standard InChI is InChI=1S/C7H7FO4S2/c1-12-7(9)5-2-6(13-3-5)4-14(8,10)11/h2-3H,4H2,1H3. The van der Waals surface area contributed by atoms with E-state index in [0.29, 0.717) is 0 Å². The molecule has 14 heavy (non-hydrogen) atoms. The molecule has 0 aliphatic rings. The maximum Gasteiger partial charge on any atom is 0.338 e. The van der Waals surface area contributed by atoms with Crippen molar-refractivity contribution in [2.75, 3.05) is 7.11 Å². The van der Waals surface area contributed by atoms with E-state index in [0.717, 1.165) is 11.3 Å². The first kappa shape index (κ1) is 11.1. The number of rotatable bonds is 3. The van der Waals surface area contributed by atoms with Gasteiger partial charge in [0.2, 0.25) is 0 Å². The molecule has 0 aliphatic carbocycles. The van der Waals surface area contributed by atoms with E-state index >= 15 is 0 Å². The maximum atomic E-state index is 12.2. The number of ether oxygens (including phenoxy) is 1. The van der Waals surface area contributed by atoms with Crippen LogP contribution in [0.2, 0.25) is 0 Å². The molecule has 4 nitrogen and oxygen atoms in total. The number of carbonyl (C=O) groups is 1. The molecule has 0 amide bonds. The van der Waals surface area contributed by atoms with Crippen molar-refractivity contribution < 1.29 is 21.8 Å². The number of esters is 1. The highest BCUT2D eigenvalue weighted by Crippen LogP contribution is 2.18. The quantitative estimate of drug-likeness (QED) is 0.589. The zero-order valence-corrected chi connectivity index (χ0v) is 8.82. The predicted octanol–water partition coefficient (Wildman–Crippen LogP) is 1.33. The molecule has 0 saturated carbocycles. The van der Waals surface area contributed by atoms with Gasteiger partial charge in [-0.15, -0.1) is 15.2 Å². The van der Waals surface area contributed by atoms with Gasteiger partial charge in [0.1, 0.15) is 5.75 Å². The molecule has 1 heterocycles. The summed E-state index contributed by atoms with van der Waals surface area (Å²) in [5, 5.41) is 1.42. The highest BCUT2D eigenvalue weighted by Gasteiger charge is 2.14. The Balaban J connectivity index is 2.84. The molecule has 0 bridgehead atoms. The Bertz CT molecular complexity index is 434. The van der Waals surface area contributed by atoms with E-state index in [1.54, 1.807) is 0 Å². The van der Waals surface area contributed by atoms with Gasteiger partial charge < -0.3 is 4.74 Å². The third-order valence-corrected chi connectivity index (χ3v) is 3.16. The van der Waals surface area contributed by atoms with Gasteiger partial charge in [-0.3, -0.25) is 0 Å². The smallest absolute Gasteiger partial charge is 0.338 e. The minimum atomic E-state index is -4.54. The van der Waals surface area contributed by atoms with Gasteiger partial charge in [-0.1, -0.05) is 0 Å². The van der Waals surface area contributed by atoms with Crippen molar-refractivity contribution in [2.45, 2.75) is 5.75 Å². The maximum absolute atomic E-state index is 12.2. The summed E-state index contributed by atoms with van der Waals surface area (Å²) in [6.07, 6.45) is 0. The molecule has 0 radical (unpaired) electrons. The van der Waals surface area contributed by atoms with Crippen molar-refractivity contribution >= 4 is 27.5 Å². The van der Waals surface area contributed by atoms with Gasteiger partial charge in [0.05, 0.1) is 12.7 Å². The minimum Gasteiger partial charge on any atom is -0.465 e. The Kier molecular flexibility index (Phi) is 3.22. The lowest BCUT2D eigenvalue weighted by Gasteiger charge is -1.92.